The molecule has 2 heterocycles. The number of rotatable bonds is 1. The Morgan fingerprint density at radius 3 is 2.23 bits per heavy atom. The van der Waals surface area contributed by atoms with Crippen LogP contribution < -0.4 is 16.5 Å². The lowest BCUT2D eigenvalue weighted by Gasteiger charge is -2.40. The van der Waals surface area contributed by atoms with Gasteiger partial charge in [0.15, 0.2) is 0 Å². The van der Waals surface area contributed by atoms with Crippen LogP contribution in [-0.2, 0) is 0 Å². The van der Waals surface area contributed by atoms with Gasteiger partial charge in [0.25, 0.3) is 0 Å². The highest BCUT2D eigenvalue weighted by Crippen LogP contribution is 2.02. The average Bonchev–Trinajstić information content (AvgIpc) is 2.20. The molecule has 2 saturated heterocycles. The van der Waals surface area contributed by atoms with E-state index in [1.165, 1.54) is 6.42 Å². The second-order valence-corrected chi connectivity index (χ2v) is 3.74. The summed E-state index contributed by atoms with van der Waals surface area (Å²) in [5.74, 6) is 5.69. The Balaban J connectivity index is 1.79. The van der Waals surface area contributed by atoms with Gasteiger partial charge in [-0.05, 0) is 19.5 Å². The second-order valence-electron chi connectivity index (χ2n) is 3.74. The molecule has 0 aliphatic carbocycles. The summed E-state index contributed by atoms with van der Waals surface area (Å²) in [7, 11) is 0. The third-order valence-electron chi connectivity index (χ3n) is 2.74. The van der Waals surface area contributed by atoms with Crippen LogP contribution in [0.5, 0.6) is 0 Å². The number of piperazine rings is 1. The van der Waals surface area contributed by atoms with Gasteiger partial charge in [0, 0.05) is 26.2 Å². The van der Waals surface area contributed by atoms with Crippen LogP contribution in [0, 0.1) is 0 Å². The van der Waals surface area contributed by atoms with Gasteiger partial charge in [0.05, 0.1) is 0 Å². The SMILES string of the molecule is NN1CCN(C2NCCCN2)CC1. The normalized spacial score (nSPS) is 29.3. The van der Waals surface area contributed by atoms with Crippen LogP contribution in [0.3, 0.4) is 0 Å². The highest BCUT2D eigenvalue weighted by molar-refractivity contribution is 4.76. The number of hydrazine groups is 1. The summed E-state index contributed by atoms with van der Waals surface area (Å²) in [5, 5.41) is 8.81. The summed E-state index contributed by atoms with van der Waals surface area (Å²) < 4.78 is 0. The van der Waals surface area contributed by atoms with Crippen molar-refractivity contribution in [2.75, 3.05) is 39.3 Å². The van der Waals surface area contributed by atoms with E-state index in [9.17, 15) is 0 Å². The quantitative estimate of drug-likeness (QED) is 0.427. The fourth-order valence-corrected chi connectivity index (χ4v) is 1.89. The molecule has 2 rings (SSSR count). The number of nitrogens with two attached hydrogens (primary N) is 1. The molecule has 76 valence electrons. The van der Waals surface area contributed by atoms with Crippen molar-refractivity contribution in [1.82, 2.24) is 20.5 Å². The molecule has 5 nitrogen and oxygen atoms in total. The molecule has 2 fully saturated rings. The molecule has 0 aromatic rings. The Morgan fingerprint density at radius 2 is 1.62 bits per heavy atom. The number of hydrogen-bond acceptors (Lipinski definition) is 5. The van der Waals surface area contributed by atoms with Crippen LogP contribution in [0.25, 0.3) is 0 Å². The van der Waals surface area contributed by atoms with E-state index in [1.807, 2.05) is 5.01 Å². The standard InChI is InChI=1S/C8H19N5/c9-13-6-4-12(5-7-13)8-10-2-1-3-11-8/h8,10-11H,1-7,9H2. The number of nitrogens with zero attached hydrogens (tertiary/aromatic N) is 2. The van der Waals surface area contributed by atoms with Gasteiger partial charge in [-0.3, -0.25) is 21.4 Å². The van der Waals surface area contributed by atoms with E-state index in [0.717, 1.165) is 39.3 Å². The second kappa shape index (κ2) is 4.34. The predicted octanol–water partition coefficient (Wildman–Crippen LogP) is -1.66. The smallest absolute Gasteiger partial charge is 0.114 e. The zero-order valence-electron chi connectivity index (χ0n) is 8.00. The molecule has 5 heteroatoms. The molecule has 0 aromatic heterocycles. The molecule has 2 aliphatic heterocycles. The molecule has 0 radical (unpaired) electrons. The molecule has 2 aliphatic rings. The van der Waals surface area contributed by atoms with E-state index in [4.69, 9.17) is 5.84 Å². The third kappa shape index (κ3) is 2.38. The Kier molecular flexibility index (Phi) is 3.13. The zero-order chi connectivity index (χ0) is 9.10. The molecular weight excluding hydrogens is 166 g/mol. The lowest BCUT2D eigenvalue weighted by atomic mass is 10.3. The topological polar surface area (TPSA) is 56.6 Å². The van der Waals surface area contributed by atoms with Crippen molar-refractivity contribution in [3.8, 4) is 0 Å². The highest BCUT2D eigenvalue weighted by Gasteiger charge is 2.22. The molecule has 13 heavy (non-hydrogen) atoms. The third-order valence-corrected chi connectivity index (χ3v) is 2.74. The van der Waals surface area contributed by atoms with E-state index in [0.29, 0.717) is 6.29 Å². The summed E-state index contributed by atoms with van der Waals surface area (Å²) in [4.78, 5) is 2.42. The largest absolute Gasteiger partial charge is 0.289 e. The van der Waals surface area contributed by atoms with Gasteiger partial charge in [0.1, 0.15) is 6.29 Å². The molecule has 0 bridgehead atoms. The minimum Gasteiger partial charge on any atom is -0.289 e. The summed E-state index contributed by atoms with van der Waals surface area (Å²) >= 11 is 0. The summed E-state index contributed by atoms with van der Waals surface area (Å²) in [6.45, 7) is 6.31. The predicted molar refractivity (Wildman–Crippen MR) is 51.7 cm³/mol. The fraction of sp³-hybridized carbons (Fsp3) is 1.00. The van der Waals surface area contributed by atoms with E-state index >= 15 is 0 Å². The van der Waals surface area contributed by atoms with Crippen LogP contribution >= 0.6 is 0 Å². The van der Waals surface area contributed by atoms with Crippen molar-refractivity contribution in [3.63, 3.8) is 0 Å². The number of hydrogen-bond donors (Lipinski definition) is 3. The first-order valence-electron chi connectivity index (χ1n) is 5.07. The molecule has 4 N–H and O–H groups in total. The monoisotopic (exact) mass is 185 g/mol. The van der Waals surface area contributed by atoms with Crippen LogP contribution in [0.4, 0.5) is 0 Å². The molecule has 0 saturated carbocycles. The minimum atomic E-state index is 0.377. The maximum absolute atomic E-state index is 5.69. The van der Waals surface area contributed by atoms with Crippen molar-refractivity contribution in [2.45, 2.75) is 12.7 Å². The first-order chi connectivity index (χ1) is 6.36. The van der Waals surface area contributed by atoms with Crippen molar-refractivity contribution in [2.24, 2.45) is 5.84 Å². The summed E-state index contributed by atoms with van der Waals surface area (Å²) in [6, 6.07) is 0. The summed E-state index contributed by atoms with van der Waals surface area (Å²) in [6.07, 6.45) is 1.61. The molecule has 0 atom stereocenters. The van der Waals surface area contributed by atoms with Gasteiger partial charge in [-0.1, -0.05) is 0 Å². The van der Waals surface area contributed by atoms with Gasteiger partial charge in [-0.15, -0.1) is 0 Å². The van der Waals surface area contributed by atoms with E-state index in [1.54, 1.807) is 0 Å². The van der Waals surface area contributed by atoms with Crippen LogP contribution in [0.15, 0.2) is 0 Å². The molecule has 0 spiro atoms. The first-order valence-corrected chi connectivity index (χ1v) is 5.07. The zero-order valence-corrected chi connectivity index (χ0v) is 8.00. The van der Waals surface area contributed by atoms with Gasteiger partial charge in [-0.2, -0.15) is 0 Å². The fourth-order valence-electron chi connectivity index (χ4n) is 1.89. The molecule has 0 aromatic carbocycles. The minimum absolute atomic E-state index is 0.377. The maximum atomic E-state index is 5.69. The van der Waals surface area contributed by atoms with Gasteiger partial charge < -0.3 is 0 Å². The van der Waals surface area contributed by atoms with Crippen molar-refractivity contribution in [3.05, 3.63) is 0 Å². The van der Waals surface area contributed by atoms with Crippen LogP contribution in [0.2, 0.25) is 0 Å². The highest BCUT2D eigenvalue weighted by atomic mass is 15.5. The Bertz CT molecular complexity index is 149. The Hall–Kier alpha value is -0.200. The maximum Gasteiger partial charge on any atom is 0.114 e. The van der Waals surface area contributed by atoms with Crippen LogP contribution in [0.1, 0.15) is 6.42 Å². The molecule has 0 unspecified atom stereocenters. The van der Waals surface area contributed by atoms with Gasteiger partial charge in [0.2, 0.25) is 0 Å². The average molecular weight is 185 g/mol. The first kappa shape index (κ1) is 9.36. The summed E-state index contributed by atoms with van der Waals surface area (Å²) in [5.41, 5.74) is 0. The van der Waals surface area contributed by atoms with Crippen molar-refractivity contribution >= 4 is 0 Å². The van der Waals surface area contributed by atoms with E-state index in [-0.39, 0.29) is 0 Å². The van der Waals surface area contributed by atoms with Gasteiger partial charge >= 0.3 is 0 Å². The Morgan fingerprint density at radius 1 is 1.00 bits per heavy atom. The molecular formula is C8H19N5. The van der Waals surface area contributed by atoms with Crippen LogP contribution in [-0.4, -0.2) is 55.5 Å². The van der Waals surface area contributed by atoms with E-state index in [2.05, 4.69) is 15.5 Å². The van der Waals surface area contributed by atoms with Crippen molar-refractivity contribution < 1.29 is 0 Å². The van der Waals surface area contributed by atoms with Crippen molar-refractivity contribution in [1.29, 1.82) is 0 Å². The van der Waals surface area contributed by atoms with E-state index < -0.39 is 0 Å². The lowest BCUT2D eigenvalue weighted by molar-refractivity contribution is 0.0571. The van der Waals surface area contributed by atoms with Gasteiger partial charge in [-0.25, -0.2) is 5.01 Å². The number of nitrogens with one attached hydrogen (secondary N) is 2. The lowest BCUT2D eigenvalue weighted by Crippen LogP contribution is -2.63. The molecule has 0 amide bonds. The Labute approximate surface area is 79.2 Å².